The van der Waals surface area contributed by atoms with Gasteiger partial charge in [-0.2, -0.15) is 0 Å². The molecule has 2 aromatic heterocycles. The molecule has 0 fully saturated rings. The van der Waals surface area contributed by atoms with Crippen LogP contribution in [0.5, 0.6) is 0 Å². The zero-order valence-electron chi connectivity index (χ0n) is 27.4. The molecule has 0 aliphatic carbocycles. The van der Waals surface area contributed by atoms with Crippen LogP contribution in [-0.2, 0) is 0 Å². The summed E-state index contributed by atoms with van der Waals surface area (Å²) in [7, 11) is 0. The molecule has 9 aromatic rings. The van der Waals surface area contributed by atoms with Gasteiger partial charge >= 0.3 is 0 Å². The fraction of sp³-hybridized carbons (Fsp3) is 0.0217. The molecule has 50 heavy (non-hydrogen) atoms. The Hall–Kier alpha value is -6.65. The van der Waals surface area contributed by atoms with Crippen molar-refractivity contribution in [2.24, 2.45) is 0 Å². The van der Waals surface area contributed by atoms with E-state index in [-0.39, 0.29) is 0 Å². The van der Waals surface area contributed by atoms with Crippen molar-refractivity contribution in [3.8, 4) is 67.5 Å². The van der Waals surface area contributed by atoms with Crippen LogP contribution in [0, 0.1) is 6.92 Å². The van der Waals surface area contributed by atoms with Crippen LogP contribution in [-0.4, -0.2) is 15.0 Å². The Morgan fingerprint density at radius 1 is 0.360 bits per heavy atom. The van der Waals surface area contributed by atoms with Crippen molar-refractivity contribution in [3.05, 3.63) is 175 Å². The van der Waals surface area contributed by atoms with Crippen molar-refractivity contribution in [2.45, 2.75) is 6.92 Å². The molecule has 0 saturated carbocycles. The van der Waals surface area contributed by atoms with Gasteiger partial charge in [0, 0.05) is 27.5 Å². The van der Waals surface area contributed by atoms with E-state index >= 15 is 0 Å². The third-order valence-corrected chi connectivity index (χ3v) is 9.23. The molecular weight excluding hydrogens is 611 g/mol. The van der Waals surface area contributed by atoms with E-state index in [4.69, 9.17) is 19.4 Å². The lowest BCUT2D eigenvalue weighted by molar-refractivity contribution is 0.669. The summed E-state index contributed by atoms with van der Waals surface area (Å²) in [5, 5.41) is 2.00. The number of nitrogens with zero attached hydrogens (tertiary/aromatic N) is 3. The Morgan fingerprint density at radius 2 is 0.840 bits per heavy atom. The highest BCUT2D eigenvalue weighted by molar-refractivity contribution is 6.12. The Bertz CT molecular complexity index is 2630. The zero-order chi connectivity index (χ0) is 33.4. The fourth-order valence-corrected chi connectivity index (χ4v) is 6.60. The highest BCUT2D eigenvalue weighted by Crippen LogP contribution is 2.39. The minimum absolute atomic E-state index is 0.598. The fourth-order valence-electron chi connectivity index (χ4n) is 6.60. The summed E-state index contributed by atoms with van der Waals surface area (Å²) in [6.45, 7) is 2.11. The average Bonchev–Trinajstić information content (AvgIpc) is 3.57. The summed E-state index contributed by atoms with van der Waals surface area (Å²) >= 11 is 0. The number of hydrogen-bond acceptors (Lipinski definition) is 4. The lowest BCUT2D eigenvalue weighted by atomic mass is 9.97. The Labute approximate surface area is 290 Å². The van der Waals surface area contributed by atoms with Gasteiger partial charge in [0.05, 0.1) is 0 Å². The number of benzene rings is 7. The largest absolute Gasteiger partial charge is 0.456 e. The van der Waals surface area contributed by atoms with Gasteiger partial charge in [0.2, 0.25) is 0 Å². The van der Waals surface area contributed by atoms with Gasteiger partial charge in [0.1, 0.15) is 11.2 Å². The second-order valence-electron chi connectivity index (χ2n) is 12.6. The van der Waals surface area contributed by atoms with E-state index in [0.717, 1.165) is 55.3 Å². The van der Waals surface area contributed by atoms with Crippen LogP contribution in [0.2, 0.25) is 0 Å². The van der Waals surface area contributed by atoms with Crippen molar-refractivity contribution in [1.29, 1.82) is 0 Å². The lowest BCUT2D eigenvalue weighted by Crippen LogP contribution is -2.00. The predicted octanol–water partition coefficient (Wildman–Crippen LogP) is 12.1. The minimum atomic E-state index is 0.598. The summed E-state index contributed by atoms with van der Waals surface area (Å²) in [4.78, 5) is 15.2. The van der Waals surface area contributed by atoms with Gasteiger partial charge in [0.25, 0.3) is 0 Å². The van der Waals surface area contributed by atoms with Gasteiger partial charge in [0.15, 0.2) is 17.5 Å². The Morgan fingerprint density at radius 3 is 1.56 bits per heavy atom. The van der Waals surface area contributed by atoms with Crippen molar-refractivity contribution >= 4 is 21.9 Å². The molecule has 0 aliphatic rings. The number of aryl methyl sites for hydroxylation is 1. The van der Waals surface area contributed by atoms with Gasteiger partial charge < -0.3 is 4.42 Å². The molecule has 2 heterocycles. The molecule has 4 nitrogen and oxygen atoms in total. The molecule has 0 N–H and O–H groups in total. The maximum atomic E-state index is 6.42. The first kappa shape index (κ1) is 29.5. The first-order valence-electron chi connectivity index (χ1n) is 16.8. The van der Waals surface area contributed by atoms with E-state index < -0.39 is 0 Å². The molecule has 0 amide bonds. The number of rotatable bonds is 6. The second-order valence-corrected chi connectivity index (χ2v) is 12.6. The summed E-state index contributed by atoms with van der Waals surface area (Å²) in [5.41, 5.74) is 12.6. The predicted molar refractivity (Wildman–Crippen MR) is 204 cm³/mol. The molecule has 0 bridgehead atoms. The van der Waals surface area contributed by atoms with Crippen molar-refractivity contribution in [2.75, 3.05) is 0 Å². The van der Waals surface area contributed by atoms with Gasteiger partial charge in [-0.25, -0.2) is 15.0 Å². The SMILES string of the molecule is Cc1ccc(-c2cccc(-c3ccc4oc5cccc(-c6nc(-c7ccccc7)nc(-c7ccc(-c8ccccc8)cc7)n6)c5c4c3)c2)cc1. The topological polar surface area (TPSA) is 51.8 Å². The summed E-state index contributed by atoms with van der Waals surface area (Å²) < 4.78 is 6.42. The quantitative estimate of drug-likeness (QED) is 0.181. The van der Waals surface area contributed by atoms with E-state index in [1.165, 1.54) is 22.3 Å². The molecule has 0 radical (unpaired) electrons. The van der Waals surface area contributed by atoms with E-state index in [2.05, 4.69) is 128 Å². The molecule has 0 atom stereocenters. The van der Waals surface area contributed by atoms with Crippen LogP contribution in [0.15, 0.2) is 174 Å². The van der Waals surface area contributed by atoms with Gasteiger partial charge in [-0.1, -0.05) is 151 Å². The van der Waals surface area contributed by atoms with Crippen LogP contribution in [0.3, 0.4) is 0 Å². The van der Waals surface area contributed by atoms with Gasteiger partial charge in [-0.3, -0.25) is 0 Å². The standard InChI is InChI=1S/C46H31N3O/c1-30-18-20-33(21-19-30)36-14-8-15-37(28-36)38-26-27-41-40(29-38)43-39(16-9-17-42(43)50-41)46-48-44(34-12-6-3-7-13-34)47-45(49-46)35-24-22-32(23-25-35)31-10-4-2-5-11-31/h2-29H,1H3. The van der Waals surface area contributed by atoms with Crippen molar-refractivity contribution in [1.82, 2.24) is 15.0 Å². The number of fused-ring (bicyclic) bond motifs is 3. The molecular formula is C46H31N3O. The molecule has 0 spiro atoms. The van der Waals surface area contributed by atoms with Crippen molar-refractivity contribution < 1.29 is 4.42 Å². The number of furan rings is 1. The van der Waals surface area contributed by atoms with Crippen LogP contribution < -0.4 is 0 Å². The van der Waals surface area contributed by atoms with E-state index in [1.807, 2.05) is 48.5 Å². The first-order chi connectivity index (χ1) is 24.7. The van der Waals surface area contributed by atoms with E-state index in [1.54, 1.807) is 0 Å². The van der Waals surface area contributed by atoms with Crippen molar-refractivity contribution in [3.63, 3.8) is 0 Å². The zero-order valence-corrected chi connectivity index (χ0v) is 27.4. The summed E-state index contributed by atoms with van der Waals surface area (Å²) in [5.74, 6) is 1.84. The van der Waals surface area contributed by atoms with Gasteiger partial charge in [-0.15, -0.1) is 0 Å². The summed E-state index contributed by atoms with van der Waals surface area (Å²) in [6.07, 6.45) is 0. The molecule has 4 heteroatoms. The molecule has 9 rings (SSSR count). The molecule has 0 unspecified atom stereocenters. The Kier molecular flexibility index (Phi) is 7.33. The second kappa shape index (κ2) is 12.4. The third-order valence-electron chi connectivity index (χ3n) is 9.23. The maximum Gasteiger partial charge on any atom is 0.164 e. The molecule has 0 saturated heterocycles. The minimum Gasteiger partial charge on any atom is -0.456 e. The summed E-state index contributed by atoms with van der Waals surface area (Å²) in [6, 6.07) is 58.8. The van der Waals surface area contributed by atoms with Gasteiger partial charge in [-0.05, 0) is 64.6 Å². The average molecular weight is 642 g/mol. The smallest absolute Gasteiger partial charge is 0.164 e. The number of aromatic nitrogens is 3. The highest BCUT2D eigenvalue weighted by atomic mass is 16.3. The van der Waals surface area contributed by atoms with Crippen LogP contribution in [0.1, 0.15) is 5.56 Å². The third kappa shape index (κ3) is 5.53. The van der Waals surface area contributed by atoms with Crippen LogP contribution >= 0.6 is 0 Å². The first-order valence-corrected chi connectivity index (χ1v) is 16.8. The maximum absolute atomic E-state index is 6.42. The van der Waals surface area contributed by atoms with Crippen LogP contribution in [0.4, 0.5) is 0 Å². The van der Waals surface area contributed by atoms with E-state index in [9.17, 15) is 0 Å². The van der Waals surface area contributed by atoms with Crippen LogP contribution in [0.25, 0.3) is 89.5 Å². The Balaban J connectivity index is 1.18. The lowest BCUT2D eigenvalue weighted by Gasteiger charge is -2.10. The monoisotopic (exact) mass is 641 g/mol. The highest BCUT2D eigenvalue weighted by Gasteiger charge is 2.18. The number of hydrogen-bond donors (Lipinski definition) is 0. The normalized spacial score (nSPS) is 11.3. The van der Waals surface area contributed by atoms with E-state index in [0.29, 0.717) is 17.5 Å². The molecule has 7 aromatic carbocycles. The molecule has 236 valence electrons. The molecule has 0 aliphatic heterocycles.